The van der Waals surface area contributed by atoms with Gasteiger partial charge in [-0.15, -0.1) is 0 Å². The normalized spacial score (nSPS) is 8.40. The lowest BCUT2D eigenvalue weighted by Crippen LogP contribution is -2.07. The van der Waals surface area contributed by atoms with Crippen molar-refractivity contribution in [3.05, 3.63) is 66.2 Å². The molecule has 0 aliphatic heterocycles. The van der Waals surface area contributed by atoms with Crippen molar-refractivity contribution in [1.29, 1.82) is 0 Å². The van der Waals surface area contributed by atoms with Crippen molar-refractivity contribution >= 4 is 5.97 Å². The van der Waals surface area contributed by atoms with Gasteiger partial charge in [-0.1, -0.05) is 70.5 Å². The van der Waals surface area contributed by atoms with Crippen LogP contribution < -0.4 is 4.74 Å². The first-order chi connectivity index (χ1) is 9.77. The van der Waals surface area contributed by atoms with E-state index in [-0.39, 0.29) is 5.97 Å². The summed E-state index contributed by atoms with van der Waals surface area (Å²) in [6.45, 7) is 8.25. The molecule has 2 heteroatoms. The van der Waals surface area contributed by atoms with Gasteiger partial charge in [-0.2, -0.15) is 0 Å². The van der Waals surface area contributed by atoms with Gasteiger partial charge in [-0.3, -0.25) is 0 Å². The quantitative estimate of drug-likeness (QED) is 0.544. The second kappa shape index (κ2) is 12.0. The predicted octanol–water partition coefficient (Wildman–Crippen LogP) is 5.35. The van der Waals surface area contributed by atoms with Gasteiger partial charge >= 0.3 is 5.97 Å². The zero-order valence-corrected chi connectivity index (χ0v) is 12.8. The SMILES string of the molecule is CC.CCC.O=C(Oc1ccccc1)c1ccccc1. The van der Waals surface area contributed by atoms with E-state index in [1.165, 1.54) is 6.42 Å². The summed E-state index contributed by atoms with van der Waals surface area (Å²) in [5, 5.41) is 0. The maximum atomic E-state index is 11.6. The maximum Gasteiger partial charge on any atom is 0.343 e. The average molecular weight is 272 g/mol. The Kier molecular flexibility index (Phi) is 10.7. The molecule has 0 bridgehead atoms. The number of ether oxygens (including phenoxy) is 1. The summed E-state index contributed by atoms with van der Waals surface area (Å²) in [5.41, 5.74) is 0.557. The van der Waals surface area contributed by atoms with Crippen molar-refractivity contribution in [2.75, 3.05) is 0 Å². The molecule has 0 amide bonds. The van der Waals surface area contributed by atoms with Crippen LogP contribution in [0.5, 0.6) is 5.75 Å². The van der Waals surface area contributed by atoms with Crippen LogP contribution in [0.2, 0.25) is 0 Å². The van der Waals surface area contributed by atoms with E-state index in [4.69, 9.17) is 4.74 Å². The summed E-state index contributed by atoms with van der Waals surface area (Å²) in [4.78, 5) is 11.6. The first kappa shape index (κ1) is 17.9. The minimum absolute atomic E-state index is 0.332. The highest BCUT2D eigenvalue weighted by atomic mass is 16.5. The molecule has 0 unspecified atom stereocenters. The highest BCUT2D eigenvalue weighted by Crippen LogP contribution is 2.11. The number of para-hydroxylation sites is 1. The van der Waals surface area contributed by atoms with Gasteiger partial charge in [0.25, 0.3) is 0 Å². The molecule has 2 rings (SSSR count). The Morgan fingerprint density at radius 2 is 1.25 bits per heavy atom. The van der Waals surface area contributed by atoms with Crippen LogP contribution in [0.15, 0.2) is 60.7 Å². The summed E-state index contributed by atoms with van der Waals surface area (Å²) >= 11 is 0. The molecule has 0 aliphatic carbocycles. The number of carbonyl (C=O) groups is 1. The summed E-state index contributed by atoms with van der Waals surface area (Å²) in [6, 6.07) is 18.0. The lowest BCUT2D eigenvalue weighted by molar-refractivity contribution is 0.0735. The van der Waals surface area contributed by atoms with Gasteiger partial charge in [0.1, 0.15) is 5.75 Å². The van der Waals surface area contributed by atoms with Crippen LogP contribution in [0, 0.1) is 0 Å². The molecule has 108 valence electrons. The Hall–Kier alpha value is -2.09. The van der Waals surface area contributed by atoms with E-state index in [9.17, 15) is 4.79 Å². The minimum Gasteiger partial charge on any atom is -0.423 e. The minimum atomic E-state index is -0.332. The highest BCUT2D eigenvalue weighted by Gasteiger charge is 2.06. The fourth-order valence-corrected chi connectivity index (χ4v) is 1.23. The molecule has 2 aromatic rings. The number of hydrogen-bond donors (Lipinski definition) is 0. The third kappa shape index (κ3) is 7.37. The third-order valence-corrected chi connectivity index (χ3v) is 1.96. The molecule has 0 saturated heterocycles. The van der Waals surface area contributed by atoms with Gasteiger partial charge < -0.3 is 4.74 Å². The van der Waals surface area contributed by atoms with Gasteiger partial charge in [0.15, 0.2) is 0 Å². The van der Waals surface area contributed by atoms with Crippen molar-refractivity contribution in [3.8, 4) is 5.75 Å². The topological polar surface area (TPSA) is 26.3 Å². The van der Waals surface area contributed by atoms with Crippen molar-refractivity contribution < 1.29 is 9.53 Å². The lowest BCUT2D eigenvalue weighted by atomic mass is 10.2. The summed E-state index contributed by atoms with van der Waals surface area (Å²) in [7, 11) is 0. The molecular formula is C18H24O2. The number of esters is 1. The Labute approximate surface area is 122 Å². The fraction of sp³-hybridized carbons (Fsp3) is 0.278. The zero-order chi connectivity index (χ0) is 15.2. The van der Waals surface area contributed by atoms with E-state index >= 15 is 0 Å². The molecule has 0 fully saturated rings. The molecule has 0 spiro atoms. The fourth-order valence-electron chi connectivity index (χ4n) is 1.23. The second-order valence-corrected chi connectivity index (χ2v) is 3.78. The number of hydrogen-bond acceptors (Lipinski definition) is 2. The number of benzene rings is 2. The zero-order valence-electron chi connectivity index (χ0n) is 12.8. The highest BCUT2D eigenvalue weighted by molar-refractivity contribution is 5.90. The van der Waals surface area contributed by atoms with Crippen LogP contribution in [0.25, 0.3) is 0 Å². The van der Waals surface area contributed by atoms with Crippen LogP contribution in [-0.4, -0.2) is 5.97 Å². The molecule has 0 atom stereocenters. The largest absolute Gasteiger partial charge is 0.423 e. The second-order valence-electron chi connectivity index (χ2n) is 3.78. The molecule has 2 nitrogen and oxygen atoms in total. The maximum absolute atomic E-state index is 11.6. The Bertz CT molecular complexity index is 449. The van der Waals surface area contributed by atoms with Crippen molar-refractivity contribution in [2.24, 2.45) is 0 Å². The smallest absolute Gasteiger partial charge is 0.343 e. The molecule has 20 heavy (non-hydrogen) atoms. The monoisotopic (exact) mass is 272 g/mol. The number of rotatable bonds is 2. The molecule has 0 aromatic heterocycles. The van der Waals surface area contributed by atoms with E-state index in [1.807, 2.05) is 50.2 Å². The first-order valence-corrected chi connectivity index (χ1v) is 7.10. The van der Waals surface area contributed by atoms with Gasteiger partial charge in [0, 0.05) is 0 Å². The molecule has 0 N–H and O–H groups in total. The van der Waals surface area contributed by atoms with E-state index < -0.39 is 0 Å². The molecule has 0 aliphatic rings. The molecule has 0 radical (unpaired) electrons. The molecule has 2 aromatic carbocycles. The average Bonchev–Trinajstić information content (AvgIpc) is 2.52. The van der Waals surface area contributed by atoms with E-state index in [0.717, 1.165) is 0 Å². The van der Waals surface area contributed by atoms with Crippen LogP contribution >= 0.6 is 0 Å². The third-order valence-electron chi connectivity index (χ3n) is 1.96. The number of carbonyl (C=O) groups excluding carboxylic acids is 1. The Balaban J connectivity index is 0.000000641. The molecule has 0 heterocycles. The summed E-state index contributed by atoms with van der Waals surface area (Å²) < 4.78 is 5.16. The standard InChI is InChI=1S/C13H10O2.C3H8.C2H6/c14-13(11-7-3-1-4-8-11)15-12-9-5-2-6-10-12;1-3-2;1-2/h1-10H;3H2,1-2H3;1-2H3. The van der Waals surface area contributed by atoms with Gasteiger partial charge in [-0.25, -0.2) is 4.79 Å². The van der Waals surface area contributed by atoms with E-state index in [2.05, 4.69) is 13.8 Å². The van der Waals surface area contributed by atoms with E-state index in [0.29, 0.717) is 11.3 Å². The summed E-state index contributed by atoms with van der Waals surface area (Å²) in [5.74, 6) is 0.230. The van der Waals surface area contributed by atoms with Crippen LogP contribution in [-0.2, 0) is 0 Å². The van der Waals surface area contributed by atoms with Crippen molar-refractivity contribution in [3.63, 3.8) is 0 Å². The molecule has 0 saturated carbocycles. The Morgan fingerprint density at radius 3 is 1.70 bits per heavy atom. The van der Waals surface area contributed by atoms with Gasteiger partial charge in [0.2, 0.25) is 0 Å². The van der Waals surface area contributed by atoms with Crippen LogP contribution in [0.3, 0.4) is 0 Å². The molecular weight excluding hydrogens is 248 g/mol. The van der Waals surface area contributed by atoms with Crippen LogP contribution in [0.4, 0.5) is 0 Å². The predicted molar refractivity (Wildman–Crippen MR) is 85.2 cm³/mol. The van der Waals surface area contributed by atoms with Gasteiger partial charge in [0.05, 0.1) is 5.56 Å². The van der Waals surface area contributed by atoms with E-state index in [1.54, 1.807) is 24.3 Å². The van der Waals surface area contributed by atoms with Crippen LogP contribution in [0.1, 0.15) is 44.5 Å². The first-order valence-electron chi connectivity index (χ1n) is 7.10. The Morgan fingerprint density at radius 1 is 0.850 bits per heavy atom. The van der Waals surface area contributed by atoms with Crippen molar-refractivity contribution in [1.82, 2.24) is 0 Å². The van der Waals surface area contributed by atoms with Gasteiger partial charge in [-0.05, 0) is 24.3 Å². The summed E-state index contributed by atoms with van der Waals surface area (Å²) in [6.07, 6.45) is 1.25. The van der Waals surface area contributed by atoms with Crippen molar-refractivity contribution in [2.45, 2.75) is 34.1 Å². The lowest BCUT2D eigenvalue weighted by Gasteiger charge is -2.02.